The number of aliphatic carboxylic acids is 1. The molecule has 44 heavy (non-hydrogen) atoms. The molecule has 0 aliphatic rings. The molecule has 0 aromatic rings. The number of hydrogen-bond donors (Lipinski definition) is 1. The van der Waals surface area contributed by atoms with Crippen LogP contribution in [0.2, 0.25) is 0 Å². The quantitative estimate of drug-likeness (QED) is 0.0700. The maximum absolute atomic E-state index is 10.3. The van der Waals surface area contributed by atoms with Crippen molar-refractivity contribution in [3.8, 4) is 0 Å². The molecule has 0 saturated carbocycles. The number of rotatable bonds is 37. The van der Waals surface area contributed by atoms with Crippen molar-refractivity contribution in [2.75, 3.05) is 0 Å². The maximum Gasteiger partial charge on any atom is 0.303 e. The molecule has 0 atom stereocenters. The number of carboxylic acids is 1. The summed E-state index contributed by atoms with van der Waals surface area (Å²) >= 11 is 0. The Morgan fingerprint density at radius 3 is 0.545 bits per heavy atom. The molecule has 0 heterocycles. The van der Waals surface area contributed by atoms with E-state index < -0.39 is 5.97 Å². The van der Waals surface area contributed by atoms with Gasteiger partial charge < -0.3 is 5.11 Å². The minimum absolute atomic E-state index is 0.345. The summed E-state index contributed by atoms with van der Waals surface area (Å²) in [7, 11) is 0. The van der Waals surface area contributed by atoms with Crippen LogP contribution in [-0.2, 0) is 4.79 Å². The summed E-state index contributed by atoms with van der Waals surface area (Å²) in [6, 6.07) is 0. The third-order valence-corrected chi connectivity index (χ3v) is 9.45. The molecule has 0 aromatic carbocycles. The summed E-state index contributed by atoms with van der Waals surface area (Å²) in [6.07, 6.45) is 52.7. The summed E-state index contributed by atoms with van der Waals surface area (Å²) in [6.45, 7) is 6.87. The van der Waals surface area contributed by atoms with Gasteiger partial charge in [-0.25, -0.2) is 0 Å². The van der Waals surface area contributed by atoms with Crippen LogP contribution in [0.25, 0.3) is 0 Å². The van der Waals surface area contributed by atoms with Crippen LogP contribution < -0.4 is 0 Å². The third kappa shape index (κ3) is 48.4. The molecule has 2 heteroatoms. The van der Waals surface area contributed by atoms with Crippen molar-refractivity contribution in [3.63, 3.8) is 0 Å². The van der Waals surface area contributed by atoms with Gasteiger partial charge in [0.15, 0.2) is 0 Å². The van der Waals surface area contributed by atoms with Crippen molar-refractivity contribution < 1.29 is 9.90 Å². The molecule has 0 rings (SSSR count). The number of hydrogen-bond acceptors (Lipinski definition) is 1. The lowest BCUT2D eigenvalue weighted by Crippen LogP contribution is -1.93. The molecular weight excluding hydrogens is 536 g/mol. The van der Waals surface area contributed by atoms with Gasteiger partial charge in [-0.05, 0) is 6.42 Å². The Morgan fingerprint density at radius 2 is 0.409 bits per heavy atom. The van der Waals surface area contributed by atoms with Crippen molar-refractivity contribution in [1.29, 1.82) is 0 Å². The SMILES string of the molecule is CCCCCCCCCCCCCCCC(=O)O.CCCCCCCCCCCCCCCCCCCCCCCCCC. The molecule has 0 fully saturated rings. The van der Waals surface area contributed by atoms with E-state index in [1.165, 1.54) is 225 Å². The zero-order valence-electron chi connectivity index (χ0n) is 31.2. The van der Waals surface area contributed by atoms with Crippen molar-refractivity contribution in [1.82, 2.24) is 0 Å². The predicted octanol–water partition coefficient (Wildman–Crippen LogP) is 15.9. The highest BCUT2D eigenvalue weighted by Crippen LogP contribution is 2.16. The van der Waals surface area contributed by atoms with Crippen molar-refractivity contribution >= 4 is 5.97 Å². The van der Waals surface area contributed by atoms with Crippen LogP contribution in [0.1, 0.15) is 265 Å². The van der Waals surface area contributed by atoms with Crippen LogP contribution in [0.4, 0.5) is 0 Å². The van der Waals surface area contributed by atoms with Crippen LogP contribution >= 0.6 is 0 Å². The van der Waals surface area contributed by atoms with Crippen LogP contribution in [-0.4, -0.2) is 11.1 Å². The fraction of sp³-hybridized carbons (Fsp3) is 0.976. The molecule has 266 valence electrons. The second kappa shape index (κ2) is 44.6. The molecule has 1 N–H and O–H groups in total. The summed E-state index contributed by atoms with van der Waals surface area (Å²) in [5.74, 6) is -0.655. The topological polar surface area (TPSA) is 37.3 Å². The van der Waals surface area contributed by atoms with E-state index in [4.69, 9.17) is 5.11 Å². The lowest BCUT2D eigenvalue weighted by atomic mass is 10.0. The van der Waals surface area contributed by atoms with Gasteiger partial charge in [0.1, 0.15) is 0 Å². The molecule has 0 aromatic heterocycles. The predicted molar refractivity (Wildman–Crippen MR) is 200 cm³/mol. The van der Waals surface area contributed by atoms with E-state index in [0.29, 0.717) is 6.42 Å². The summed E-state index contributed by atoms with van der Waals surface area (Å²) in [4.78, 5) is 10.3. The molecule has 0 bridgehead atoms. The molecule has 0 aliphatic heterocycles. The van der Waals surface area contributed by atoms with Crippen molar-refractivity contribution in [3.05, 3.63) is 0 Å². The van der Waals surface area contributed by atoms with E-state index in [1.807, 2.05) is 0 Å². The molecule has 0 amide bonds. The fourth-order valence-corrected chi connectivity index (χ4v) is 6.33. The first-order valence-electron chi connectivity index (χ1n) is 20.9. The molecular formula is C42H86O2. The second-order valence-corrected chi connectivity index (χ2v) is 14.2. The number of unbranched alkanes of at least 4 members (excludes halogenated alkanes) is 35. The largest absolute Gasteiger partial charge is 0.481 e. The van der Waals surface area contributed by atoms with Gasteiger partial charge in [0.25, 0.3) is 0 Å². The average molecular weight is 623 g/mol. The summed E-state index contributed by atoms with van der Waals surface area (Å²) in [5.41, 5.74) is 0. The van der Waals surface area contributed by atoms with Gasteiger partial charge in [-0.3, -0.25) is 4.79 Å². The Kier molecular flexibility index (Phi) is 46.2. The van der Waals surface area contributed by atoms with Crippen LogP contribution in [0.5, 0.6) is 0 Å². The minimum Gasteiger partial charge on any atom is -0.481 e. The molecule has 0 aliphatic carbocycles. The maximum atomic E-state index is 10.3. The van der Waals surface area contributed by atoms with Crippen LogP contribution in [0.3, 0.4) is 0 Å². The second-order valence-electron chi connectivity index (χ2n) is 14.2. The van der Waals surface area contributed by atoms with Crippen LogP contribution in [0, 0.1) is 0 Å². The number of carbonyl (C=O) groups is 1. The van der Waals surface area contributed by atoms with Gasteiger partial charge in [-0.2, -0.15) is 0 Å². The van der Waals surface area contributed by atoms with Crippen molar-refractivity contribution in [2.24, 2.45) is 0 Å². The van der Waals surface area contributed by atoms with Crippen LogP contribution in [0.15, 0.2) is 0 Å². The fourth-order valence-electron chi connectivity index (χ4n) is 6.33. The molecule has 2 nitrogen and oxygen atoms in total. The lowest BCUT2D eigenvalue weighted by molar-refractivity contribution is -0.137. The Morgan fingerprint density at radius 1 is 0.273 bits per heavy atom. The van der Waals surface area contributed by atoms with E-state index in [0.717, 1.165) is 12.8 Å². The highest BCUT2D eigenvalue weighted by molar-refractivity contribution is 5.66. The normalized spacial score (nSPS) is 11.1. The zero-order valence-corrected chi connectivity index (χ0v) is 31.2. The van der Waals surface area contributed by atoms with Gasteiger partial charge in [0.2, 0.25) is 0 Å². The lowest BCUT2D eigenvalue weighted by Gasteiger charge is -2.04. The zero-order chi connectivity index (χ0) is 32.4. The van der Waals surface area contributed by atoms with E-state index >= 15 is 0 Å². The van der Waals surface area contributed by atoms with Gasteiger partial charge in [-0.15, -0.1) is 0 Å². The van der Waals surface area contributed by atoms with Gasteiger partial charge in [0.05, 0.1) is 0 Å². The summed E-state index contributed by atoms with van der Waals surface area (Å²) in [5, 5.41) is 8.49. The first-order valence-corrected chi connectivity index (χ1v) is 20.9. The highest BCUT2D eigenvalue weighted by Gasteiger charge is 1.98. The van der Waals surface area contributed by atoms with Crippen molar-refractivity contribution in [2.45, 2.75) is 265 Å². The highest BCUT2D eigenvalue weighted by atomic mass is 16.4. The van der Waals surface area contributed by atoms with E-state index in [9.17, 15) is 4.79 Å². The Hall–Kier alpha value is -0.530. The Labute approximate surface area is 280 Å². The Bertz CT molecular complexity index is 464. The first kappa shape index (κ1) is 45.6. The minimum atomic E-state index is -0.655. The standard InChI is InChI=1S/C26H54.C16H32O2/c1-3-5-7-9-11-13-15-17-19-21-23-25-26-24-22-20-18-16-14-12-10-8-6-4-2;1-2-3-4-5-6-7-8-9-10-11-12-13-14-15-16(17)18/h3-26H2,1-2H3;2-15H2,1H3,(H,17,18). The van der Waals surface area contributed by atoms with Gasteiger partial charge in [0, 0.05) is 6.42 Å². The number of carboxylic acid groups (broad SMARTS) is 1. The molecule has 0 saturated heterocycles. The van der Waals surface area contributed by atoms with E-state index in [1.54, 1.807) is 0 Å². The van der Waals surface area contributed by atoms with E-state index in [2.05, 4.69) is 20.8 Å². The average Bonchev–Trinajstić information content (AvgIpc) is 3.02. The van der Waals surface area contributed by atoms with Gasteiger partial charge in [-0.1, -0.05) is 252 Å². The van der Waals surface area contributed by atoms with E-state index in [-0.39, 0.29) is 0 Å². The Balaban J connectivity index is 0. The monoisotopic (exact) mass is 623 g/mol. The third-order valence-electron chi connectivity index (χ3n) is 9.45. The first-order chi connectivity index (χ1) is 21.7. The van der Waals surface area contributed by atoms with Gasteiger partial charge >= 0.3 is 5.97 Å². The molecule has 0 spiro atoms. The molecule has 0 radical (unpaired) electrons. The summed E-state index contributed by atoms with van der Waals surface area (Å²) < 4.78 is 0. The molecule has 0 unspecified atom stereocenters. The smallest absolute Gasteiger partial charge is 0.303 e.